The molecule has 1 unspecified atom stereocenters. The van der Waals surface area contributed by atoms with Crippen molar-refractivity contribution in [1.82, 2.24) is 10.1 Å². The molecule has 0 amide bonds. The minimum atomic E-state index is -4.39. The topological polar surface area (TPSA) is 83.4 Å². The highest BCUT2D eigenvalue weighted by atomic mass is 19.4. The number of nitrogens with zero attached hydrogens (tertiary/aromatic N) is 2. The summed E-state index contributed by atoms with van der Waals surface area (Å²) in [5, 5.41) is 3.67. The molecular formula is C12H18F3N3O3. The largest absolute Gasteiger partial charge is 0.411 e. The number of hydrogen-bond acceptors (Lipinski definition) is 6. The van der Waals surface area contributed by atoms with E-state index in [1.165, 1.54) is 0 Å². The Kier molecular flexibility index (Phi) is 4.84. The summed E-state index contributed by atoms with van der Waals surface area (Å²) in [6, 6.07) is 0. The molecular weight excluding hydrogens is 291 g/mol. The second-order valence-electron chi connectivity index (χ2n) is 5.40. The van der Waals surface area contributed by atoms with Crippen LogP contribution in [-0.2, 0) is 21.6 Å². The Morgan fingerprint density at radius 3 is 2.62 bits per heavy atom. The quantitative estimate of drug-likeness (QED) is 0.828. The Balaban J connectivity index is 1.82. The Hall–Kier alpha value is -1.19. The fraction of sp³-hybridized carbons (Fsp3) is 0.833. The lowest BCUT2D eigenvalue weighted by Crippen LogP contribution is -2.41. The smallest absolute Gasteiger partial charge is 0.376 e. The number of rotatable bonds is 7. The number of aromatic nitrogens is 2. The number of ether oxygens (including phenoxy) is 2. The van der Waals surface area contributed by atoms with Crippen molar-refractivity contribution < 1.29 is 27.2 Å². The van der Waals surface area contributed by atoms with Gasteiger partial charge in [-0.25, -0.2) is 0 Å². The van der Waals surface area contributed by atoms with Gasteiger partial charge < -0.3 is 19.7 Å². The van der Waals surface area contributed by atoms with Crippen molar-refractivity contribution in [2.24, 2.45) is 5.73 Å². The van der Waals surface area contributed by atoms with E-state index in [-0.39, 0.29) is 24.4 Å². The molecule has 1 atom stereocenters. The van der Waals surface area contributed by atoms with E-state index in [1.54, 1.807) is 6.92 Å². The van der Waals surface area contributed by atoms with Crippen molar-refractivity contribution >= 4 is 0 Å². The van der Waals surface area contributed by atoms with Gasteiger partial charge in [0.25, 0.3) is 5.89 Å². The zero-order chi connectivity index (χ0) is 15.5. The maximum absolute atomic E-state index is 11.9. The first-order valence-electron chi connectivity index (χ1n) is 6.64. The van der Waals surface area contributed by atoms with Gasteiger partial charge in [0.15, 0.2) is 5.82 Å². The molecule has 0 bridgehead atoms. The van der Waals surface area contributed by atoms with Gasteiger partial charge in [-0.1, -0.05) is 5.16 Å². The summed E-state index contributed by atoms with van der Waals surface area (Å²) in [5.74, 6) is 0.141. The number of nitrogens with two attached hydrogens (primary N) is 1. The van der Waals surface area contributed by atoms with Crippen molar-refractivity contribution in [3.05, 3.63) is 11.7 Å². The van der Waals surface area contributed by atoms with Crippen molar-refractivity contribution in [2.45, 2.75) is 50.6 Å². The third kappa shape index (κ3) is 4.94. The minimum absolute atomic E-state index is 0.0467. The van der Waals surface area contributed by atoms with E-state index in [2.05, 4.69) is 14.9 Å². The normalized spacial score (nSPS) is 19.3. The average molecular weight is 309 g/mol. The predicted molar refractivity (Wildman–Crippen MR) is 65.1 cm³/mol. The highest BCUT2D eigenvalue weighted by molar-refractivity contribution is 5.01. The molecule has 1 fully saturated rings. The molecule has 21 heavy (non-hydrogen) atoms. The van der Waals surface area contributed by atoms with E-state index in [1.807, 2.05) is 0 Å². The molecule has 0 radical (unpaired) electrons. The van der Waals surface area contributed by atoms with Crippen LogP contribution in [-0.4, -0.2) is 35.6 Å². The number of halogens is 3. The zero-order valence-electron chi connectivity index (χ0n) is 11.7. The van der Waals surface area contributed by atoms with Gasteiger partial charge in [-0.05, 0) is 26.2 Å². The lowest BCUT2D eigenvalue weighted by molar-refractivity contribution is -0.178. The van der Waals surface area contributed by atoms with Crippen LogP contribution in [0.1, 0.15) is 37.9 Å². The van der Waals surface area contributed by atoms with Gasteiger partial charge in [-0.3, -0.25) is 0 Å². The van der Waals surface area contributed by atoms with E-state index >= 15 is 0 Å². The van der Waals surface area contributed by atoms with Crippen LogP contribution in [0, 0.1) is 0 Å². The first-order valence-corrected chi connectivity index (χ1v) is 6.64. The van der Waals surface area contributed by atoms with Crippen LogP contribution in [0.15, 0.2) is 4.52 Å². The second kappa shape index (κ2) is 6.29. The van der Waals surface area contributed by atoms with Crippen LogP contribution in [0.4, 0.5) is 13.2 Å². The fourth-order valence-electron chi connectivity index (χ4n) is 1.69. The lowest BCUT2D eigenvalue weighted by atomic mass is 9.95. The molecule has 1 heterocycles. The fourth-order valence-corrected chi connectivity index (χ4v) is 1.69. The molecule has 1 aromatic heterocycles. The Morgan fingerprint density at radius 2 is 2.05 bits per heavy atom. The summed E-state index contributed by atoms with van der Waals surface area (Å²) < 4.78 is 50.7. The van der Waals surface area contributed by atoms with Crippen LogP contribution in [0.25, 0.3) is 0 Å². The molecule has 1 aliphatic rings. The molecule has 0 spiro atoms. The Labute approximate surface area is 119 Å². The summed E-state index contributed by atoms with van der Waals surface area (Å²) >= 11 is 0. The molecule has 6 nitrogen and oxygen atoms in total. The van der Waals surface area contributed by atoms with Gasteiger partial charge in [-0.2, -0.15) is 18.2 Å². The van der Waals surface area contributed by atoms with Crippen molar-refractivity contribution in [1.29, 1.82) is 0 Å². The maximum Gasteiger partial charge on any atom is 0.411 e. The van der Waals surface area contributed by atoms with Crippen LogP contribution < -0.4 is 5.73 Å². The SMILES string of the molecule is CC(N)(COC1CCC1)c1noc(COCC(F)(F)F)n1. The first kappa shape index (κ1) is 16.2. The molecule has 1 aromatic rings. The van der Waals surface area contributed by atoms with E-state index < -0.39 is 24.9 Å². The van der Waals surface area contributed by atoms with Crippen LogP contribution in [0.3, 0.4) is 0 Å². The molecule has 120 valence electrons. The van der Waals surface area contributed by atoms with E-state index in [0.29, 0.717) is 0 Å². The maximum atomic E-state index is 11.9. The van der Waals surface area contributed by atoms with Crippen LogP contribution >= 0.6 is 0 Å². The summed E-state index contributed by atoms with van der Waals surface area (Å²) in [6.45, 7) is 0.123. The monoisotopic (exact) mass is 309 g/mol. The van der Waals surface area contributed by atoms with E-state index in [9.17, 15) is 13.2 Å². The summed E-state index contributed by atoms with van der Waals surface area (Å²) in [6.07, 6.45) is -0.997. The third-order valence-electron chi connectivity index (χ3n) is 3.14. The highest BCUT2D eigenvalue weighted by Gasteiger charge is 2.31. The molecule has 0 aliphatic heterocycles. The predicted octanol–water partition coefficient (Wildman–Crippen LogP) is 1.89. The second-order valence-corrected chi connectivity index (χ2v) is 5.40. The summed E-state index contributed by atoms with van der Waals surface area (Å²) in [4.78, 5) is 3.95. The Morgan fingerprint density at radius 1 is 1.33 bits per heavy atom. The van der Waals surface area contributed by atoms with Crippen LogP contribution in [0.2, 0.25) is 0 Å². The van der Waals surface area contributed by atoms with Crippen molar-refractivity contribution in [2.75, 3.05) is 13.2 Å². The van der Waals surface area contributed by atoms with E-state index in [0.717, 1.165) is 19.3 Å². The molecule has 0 saturated heterocycles. The number of alkyl halides is 3. The standard InChI is InChI=1S/C12H18F3N3O3/c1-11(16,6-20-8-3-2-4-8)10-17-9(21-18-10)5-19-7-12(13,14)15/h8H,2-7,16H2,1H3. The van der Waals surface area contributed by atoms with Gasteiger partial charge in [0, 0.05) is 0 Å². The minimum Gasteiger partial charge on any atom is -0.376 e. The van der Waals surface area contributed by atoms with Gasteiger partial charge in [-0.15, -0.1) is 0 Å². The Bertz CT molecular complexity index is 458. The molecule has 1 aliphatic carbocycles. The van der Waals surface area contributed by atoms with Crippen LogP contribution in [0.5, 0.6) is 0 Å². The van der Waals surface area contributed by atoms with Gasteiger partial charge in [0.2, 0.25) is 0 Å². The molecule has 2 rings (SSSR count). The third-order valence-corrected chi connectivity index (χ3v) is 3.14. The van der Waals surface area contributed by atoms with Gasteiger partial charge in [0.1, 0.15) is 18.8 Å². The van der Waals surface area contributed by atoms with E-state index in [4.69, 9.17) is 15.0 Å². The summed E-state index contributed by atoms with van der Waals surface area (Å²) in [7, 11) is 0. The zero-order valence-corrected chi connectivity index (χ0v) is 11.7. The molecule has 0 aromatic carbocycles. The molecule has 9 heteroatoms. The van der Waals surface area contributed by atoms with Gasteiger partial charge >= 0.3 is 6.18 Å². The first-order chi connectivity index (χ1) is 9.76. The van der Waals surface area contributed by atoms with Crippen molar-refractivity contribution in [3.8, 4) is 0 Å². The lowest BCUT2D eigenvalue weighted by Gasteiger charge is -2.29. The average Bonchev–Trinajstić information content (AvgIpc) is 2.74. The molecule has 1 saturated carbocycles. The van der Waals surface area contributed by atoms with Gasteiger partial charge in [0.05, 0.1) is 12.7 Å². The summed E-state index contributed by atoms with van der Waals surface area (Å²) in [5.41, 5.74) is 5.09. The van der Waals surface area contributed by atoms with Crippen molar-refractivity contribution in [3.63, 3.8) is 0 Å². The highest BCUT2D eigenvalue weighted by Crippen LogP contribution is 2.24. The number of hydrogen-bond donors (Lipinski definition) is 1. The molecule has 2 N–H and O–H groups in total.